The molecule has 0 aromatic heterocycles. The monoisotopic (exact) mass is 358 g/mol. The van der Waals surface area contributed by atoms with Gasteiger partial charge in [0.1, 0.15) is 11.5 Å². The first-order valence-electron chi connectivity index (χ1n) is 8.39. The summed E-state index contributed by atoms with van der Waals surface area (Å²) in [6, 6.07) is 11.1. The molecule has 0 fully saturated rings. The Labute approximate surface area is 154 Å². The first-order chi connectivity index (χ1) is 12.0. The molecule has 0 N–H and O–H groups in total. The lowest BCUT2D eigenvalue weighted by Gasteiger charge is -2.07. The Kier molecular flexibility index (Phi) is 7.08. The smallest absolute Gasteiger partial charge is 0.336 e. The normalized spacial score (nSPS) is 10.9. The topological polar surface area (TPSA) is 35.5 Å². The lowest BCUT2D eigenvalue weighted by atomic mass is 10.1. The quantitative estimate of drug-likeness (QED) is 0.273. The Bertz CT molecular complexity index is 725. The first kappa shape index (κ1) is 19.1. The molecule has 0 saturated heterocycles. The van der Waals surface area contributed by atoms with Gasteiger partial charge < -0.3 is 9.47 Å². The van der Waals surface area contributed by atoms with E-state index in [0.717, 1.165) is 41.9 Å². The van der Waals surface area contributed by atoms with Crippen molar-refractivity contribution in [2.24, 2.45) is 0 Å². The van der Waals surface area contributed by atoms with Crippen molar-refractivity contribution in [2.75, 3.05) is 6.61 Å². The molecule has 0 aliphatic rings. The summed E-state index contributed by atoms with van der Waals surface area (Å²) in [5, 5.41) is 0.691. The van der Waals surface area contributed by atoms with Crippen molar-refractivity contribution in [1.29, 1.82) is 0 Å². The standard InChI is InChI=1S/C21H23ClO3/c1-4-5-12-24-18-9-6-17(7-10-18)8-11-20(23)25-19-13-15(2)21(22)16(3)14-19/h6-11,13-14H,4-5,12H2,1-3H3/b11-8+. The van der Waals surface area contributed by atoms with Gasteiger partial charge in [0.2, 0.25) is 0 Å². The number of carbonyl (C=O) groups excluding carboxylic acids is 1. The molecule has 0 aliphatic heterocycles. The maximum Gasteiger partial charge on any atom is 0.336 e. The third-order valence-corrected chi connectivity index (χ3v) is 4.28. The van der Waals surface area contributed by atoms with Gasteiger partial charge in [0.05, 0.1) is 6.61 Å². The van der Waals surface area contributed by atoms with Gasteiger partial charge in [-0.25, -0.2) is 4.79 Å². The van der Waals surface area contributed by atoms with Crippen molar-refractivity contribution in [3.63, 3.8) is 0 Å². The van der Waals surface area contributed by atoms with Gasteiger partial charge in [0.15, 0.2) is 0 Å². The maximum atomic E-state index is 12.0. The molecule has 2 aromatic carbocycles. The minimum Gasteiger partial charge on any atom is -0.494 e. The Balaban J connectivity index is 1.93. The largest absolute Gasteiger partial charge is 0.494 e. The van der Waals surface area contributed by atoms with Gasteiger partial charge in [-0.05, 0) is 67.3 Å². The molecule has 132 valence electrons. The molecule has 0 amide bonds. The van der Waals surface area contributed by atoms with E-state index >= 15 is 0 Å². The molecule has 0 aliphatic carbocycles. The van der Waals surface area contributed by atoms with E-state index in [1.165, 1.54) is 6.08 Å². The highest BCUT2D eigenvalue weighted by Gasteiger charge is 2.06. The van der Waals surface area contributed by atoms with Crippen molar-refractivity contribution in [1.82, 2.24) is 0 Å². The van der Waals surface area contributed by atoms with Gasteiger partial charge in [-0.15, -0.1) is 0 Å². The molecule has 0 bridgehead atoms. The molecule has 2 rings (SSSR count). The molecular formula is C21H23ClO3. The van der Waals surface area contributed by atoms with Crippen LogP contribution < -0.4 is 9.47 Å². The van der Waals surface area contributed by atoms with Crippen LogP contribution in [0, 0.1) is 13.8 Å². The summed E-state index contributed by atoms with van der Waals surface area (Å²) in [7, 11) is 0. The first-order valence-corrected chi connectivity index (χ1v) is 8.77. The van der Waals surface area contributed by atoms with Crippen LogP contribution >= 0.6 is 11.6 Å². The van der Waals surface area contributed by atoms with E-state index in [-0.39, 0.29) is 0 Å². The number of esters is 1. The van der Waals surface area contributed by atoms with E-state index in [1.807, 2.05) is 38.1 Å². The van der Waals surface area contributed by atoms with Crippen LogP contribution in [-0.4, -0.2) is 12.6 Å². The van der Waals surface area contributed by atoms with Crippen molar-refractivity contribution in [2.45, 2.75) is 33.6 Å². The van der Waals surface area contributed by atoms with E-state index < -0.39 is 5.97 Å². The minimum absolute atomic E-state index is 0.426. The van der Waals surface area contributed by atoms with E-state index in [1.54, 1.807) is 18.2 Å². The minimum atomic E-state index is -0.426. The summed E-state index contributed by atoms with van der Waals surface area (Å²) in [5.74, 6) is 0.901. The highest BCUT2D eigenvalue weighted by atomic mass is 35.5. The Hall–Kier alpha value is -2.26. The lowest BCUT2D eigenvalue weighted by molar-refractivity contribution is -0.128. The van der Waals surface area contributed by atoms with Gasteiger partial charge in [-0.3, -0.25) is 0 Å². The predicted molar refractivity (Wildman–Crippen MR) is 102 cm³/mol. The van der Waals surface area contributed by atoms with E-state index in [4.69, 9.17) is 21.1 Å². The van der Waals surface area contributed by atoms with Gasteiger partial charge in [0, 0.05) is 11.1 Å². The number of aryl methyl sites for hydroxylation is 2. The van der Waals surface area contributed by atoms with Crippen molar-refractivity contribution in [3.8, 4) is 11.5 Å². The number of carbonyl (C=O) groups is 1. The van der Waals surface area contributed by atoms with Gasteiger partial charge >= 0.3 is 5.97 Å². The summed E-state index contributed by atoms with van der Waals surface area (Å²) in [6.45, 7) is 6.61. The summed E-state index contributed by atoms with van der Waals surface area (Å²) >= 11 is 6.12. The second-order valence-electron chi connectivity index (χ2n) is 5.90. The van der Waals surface area contributed by atoms with Crippen LogP contribution in [0.1, 0.15) is 36.5 Å². The van der Waals surface area contributed by atoms with Crippen LogP contribution in [-0.2, 0) is 4.79 Å². The number of hydrogen-bond donors (Lipinski definition) is 0. The van der Waals surface area contributed by atoms with Crippen LogP contribution in [0.2, 0.25) is 5.02 Å². The molecule has 0 unspecified atom stereocenters. The highest BCUT2D eigenvalue weighted by molar-refractivity contribution is 6.32. The molecule has 0 spiro atoms. The van der Waals surface area contributed by atoms with Gasteiger partial charge in [0.25, 0.3) is 0 Å². The maximum absolute atomic E-state index is 12.0. The second kappa shape index (κ2) is 9.28. The van der Waals surface area contributed by atoms with Crippen molar-refractivity contribution in [3.05, 3.63) is 64.2 Å². The lowest BCUT2D eigenvalue weighted by Crippen LogP contribution is -2.04. The zero-order valence-electron chi connectivity index (χ0n) is 14.8. The summed E-state index contributed by atoms with van der Waals surface area (Å²) in [4.78, 5) is 12.0. The van der Waals surface area contributed by atoms with Gasteiger partial charge in [-0.1, -0.05) is 37.1 Å². The number of ether oxygens (including phenoxy) is 2. The molecule has 25 heavy (non-hydrogen) atoms. The molecule has 0 radical (unpaired) electrons. The summed E-state index contributed by atoms with van der Waals surface area (Å²) in [5.41, 5.74) is 2.67. The Morgan fingerprint density at radius 3 is 2.32 bits per heavy atom. The number of benzene rings is 2. The van der Waals surface area contributed by atoms with Crippen LogP contribution in [0.25, 0.3) is 6.08 Å². The van der Waals surface area contributed by atoms with Crippen LogP contribution in [0.15, 0.2) is 42.5 Å². The number of halogens is 1. The van der Waals surface area contributed by atoms with E-state index in [0.29, 0.717) is 10.8 Å². The number of unbranched alkanes of at least 4 members (excludes halogenated alkanes) is 1. The molecule has 2 aromatic rings. The molecule has 0 heterocycles. The van der Waals surface area contributed by atoms with Crippen molar-refractivity contribution >= 4 is 23.6 Å². The van der Waals surface area contributed by atoms with Gasteiger partial charge in [-0.2, -0.15) is 0 Å². The molecule has 3 nitrogen and oxygen atoms in total. The molecule has 0 saturated carbocycles. The fourth-order valence-electron chi connectivity index (χ4n) is 2.29. The Morgan fingerprint density at radius 2 is 1.72 bits per heavy atom. The summed E-state index contributed by atoms with van der Waals surface area (Å²) in [6.07, 6.45) is 5.27. The SMILES string of the molecule is CCCCOc1ccc(/C=C/C(=O)Oc2cc(C)c(Cl)c(C)c2)cc1. The number of rotatable bonds is 7. The van der Waals surface area contributed by atoms with Crippen LogP contribution in [0.5, 0.6) is 11.5 Å². The molecule has 0 atom stereocenters. The highest BCUT2D eigenvalue weighted by Crippen LogP contribution is 2.26. The Morgan fingerprint density at radius 1 is 1.08 bits per heavy atom. The summed E-state index contributed by atoms with van der Waals surface area (Å²) < 4.78 is 10.9. The zero-order valence-corrected chi connectivity index (χ0v) is 15.6. The number of hydrogen-bond acceptors (Lipinski definition) is 3. The molecular weight excluding hydrogens is 336 g/mol. The van der Waals surface area contributed by atoms with Crippen molar-refractivity contribution < 1.29 is 14.3 Å². The van der Waals surface area contributed by atoms with E-state index in [9.17, 15) is 4.79 Å². The fourth-order valence-corrected chi connectivity index (χ4v) is 2.40. The van der Waals surface area contributed by atoms with E-state index in [2.05, 4.69) is 6.92 Å². The average Bonchev–Trinajstić information content (AvgIpc) is 2.59. The second-order valence-corrected chi connectivity index (χ2v) is 6.27. The van der Waals surface area contributed by atoms with Crippen LogP contribution in [0.3, 0.4) is 0 Å². The average molecular weight is 359 g/mol. The molecule has 4 heteroatoms. The fraction of sp³-hybridized carbons (Fsp3) is 0.286. The third-order valence-electron chi connectivity index (χ3n) is 3.69. The zero-order chi connectivity index (χ0) is 18.2. The van der Waals surface area contributed by atoms with Crippen LogP contribution in [0.4, 0.5) is 0 Å². The third kappa shape index (κ3) is 5.95. The predicted octanol–water partition coefficient (Wildman–Crippen LogP) is 5.75.